The van der Waals surface area contributed by atoms with Crippen LogP contribution in [0.25, 0.3) is 10.8 Å². The van der Waals surface area contributed by atoms with E-state index in [4.69, 9.17) is 9.05 Å². The lowest BCUT2D eigenvalue weighted by Crippen LogP contribution is -2.20. The van der Waals surface area contributed by atoms with Crippen LogP contribution < -0.4 is 5.73 Å². The van der Waals surface area contributed by atoms with Gasteiger partial charge in [0.2, 0.25) is 0 Å². The number of hydrogen-bond acceptors (Lipinski definition) is 9. The predicted octanol–water partition coefficient (Wildman–Crippen LogP) is 8.82. The Morgan fingerprint density at radius 1 is 0.953 bits per heavy atom. The van der Waals surface area contributed by atoms with E-state index in [2.05, 4.69) is 19.6 Å². The molecule has 0 spiro atoms. The Morgan fingerprint density at radius 2 is 1.51 bits per heavy atom. The van der Waals surface area contributed by atoms with Crippen LogP contribution in [0, 0.1) is 11.8 Å². The number of alkyl halides is 2. The van der Waals surface area contributed by atoms with Crippen molar-refractivity contribution in [1.82, 2.24) is 0 Å². The van der Waals surface area contributed by atoms with Crippen molar-refractivity contribution in [2.75, 3.05) is 38.0 Å². The molecule has 0 aliphatic heterocycles. The Bertz CT molecular complexity index is 1120. The number of carbonyl (C=O) groups is 3. The molecule has 1 unspecified atom stereocenters. The van der Waals surface area contributed by atoms with E-state index in [1.54, 1.807) is 18.4 Å². The first-order valence-corrected chi connectivity index (χ1v) is 18.2. The highest BCUT2D eigenvalue weighted by molar-refractivity contribution is 8.13. The molecule has 2 aromatic rings. The summed E-state index contributed by atoms with van der Waals surface area (Å²) in [6, 6.07) is 8.57. The minimum Gasteiger partial charge on any atom is -0.333 e. The van der Waals surface area contributed by atoms with Crippen molar-refractivity contribution >= 4 is 59.6 Å². The van der Waals surface area contributed by atoms with Gasteiger partial charge in [-0.15, -0.1) is 0 Å². The van der Waals surface area contributed by atoms with Crippen molar-refractivity contribution in [2.45, 2.75) is 66.5 Å². The number of nitrogens with two attached hydrogens (primary N) is 1. The van der Waals surface area contributed by atoms with Crippen LogP contribution in [0.5, 0.6) is 0 Å². The molecular formula is C31H50F2NO6PS2. The number of rotatable bonds is 15. The minimum atomic E-state index is -4.90. The molecule has 0 amide bonds. The van der Waals surface area contributed by atoms with Crippen LogP contribution in [0.3, 0.4) is 0 Å². The molecule has 0 saturated heterocycles. The topological polar surface area (TPSA) is 113 Å². The van der Waals surface area contributed by atoms with Crippen molar-refractivity contribution in [1.29, 1.82) is 0 Å². The van der Waals surface area contributed by atoms with Crippen LogP contribution in [-0.2, 0) is 28.9 Å². The zero-order valence-corrected chi connectivity index (χ0v) is 29.3. The summed E-state index contributed by atoms with van der Waals surface area (Å²) in [5.74, 6) is 1.18. The molecule has 1 atom stereocenters. The maximum Gasteiger partial charge on any atom is 0.404 e. The normalized spacial score (nSPS) is 12.2. The van der Waals surface area contributed by atoms with Gasteiger partial charge >= 0.3 is 13.3 Å². The first-order valence-electron chi connectivity index (χ1n) is 14.2. The van der Waals surface area contributed by atoms with Crippen LogP contribution in [0.1, 0.15) is 76.7 Å². The average Bonchev–Trinajstić information content (AvgIpc) is 2.96. The van der Waals surface area contributed by atoms with Gasteiger partial charge in [0.15, 0.2) is 5.12 Å². The highest BCUT2D eigenvalue weighted by Gasteiger charge is 2.55. The van der Waals surface area contributed by atoms with Gasteiger partial charge in [0.1, 0.15) is 12.6 Å². The molecule has 43 heavy (non-hydrogen) atoms. The SMILES string of the molecule is CC(C)CC=O.CCC.CN.CSCCOP(=O)(OCCSC(=O)CC(C)C)C(F)(F)c1ccc2ccc(C=O)cc2c1. The summed E-state index contributed by atoms with van der Waals surface area (Å²) in [6.45, 7) is 11.6. The third-order valence-corrected chi connectivity index (χ3v) is 8.42. The molecular weight excluding hydrogens is 615 g/mol. The zero-order chi connectivity index (χ0) is 33.5. The lowest BCUT2D eigenvalue weighted by Gasteiger charge is -2.27. The maximum atomic E-state index is 15.4. The first kappa shape index (κ1) is 43.5. The van der Waals surface area contributed by atoms with E-state index in [0.717, 1.165) is 18.0 Å². The van der Waals surface area contributed by atoms with Crippen molar-refractivity contribution in [3.05, 3.63) is 47.5 Å². The van der Waals surface area contributed by atoms with Crippen molar-refractivity contribution in [3.8, 4) is 0 Å². The quantitative estimate of drug-likeness (QED) is 0.113. The van der Waals surface area contributed by atoms with Crippen LogP contribution in [0.15, 0.2) is 36.4 Å². The summed E-state index contributed by atoms with van der Waals surface area (Å²) in [6.07, 6.45) is 5.66. The molecule has 0 bridgehead atoms. The van der Waals surface area contributed by atoms with E-state index in [0.29, 0.717) is 47.1 Å². The van der Waals surface area contributed by atoms with E-state index in [9.17, 15) is 18.9 Å². The van der Waals surface area contributed by atoms with E-state index < -0.39 is 18.8 Å². The van der Waals surface area contributed by atoms with E-state index in [-0.39, 0.29) is 30.0 Å². The molecule has 0 aromatic heterocycles. The summed E-state index contributed by atoms with van der Waals surface area (Å²) < 4.78 is 54.4. The first-order chi connectivity index (χ1) is 20.3. The van der Waals surface area contributed by atoms with E-state index in [1.165, 1.54) is 49.5 Å². The molecule has 12 heteroatoms. The van der Waals surface area contributed by atoms with E-state index in [1.807, 2.05) is 27.7 Å². The van der Waals surface area contributed by atoms with Gasteiger partial charge in [-0.25, -0.2) is 0 Å². The van der Waals surface area contributed by atoms with Crippen LogP contribution in [0.4, 0.5) is 8.78 Å². The Hall–Kier alpha value is -1.62. The van der Waals surface area contributed by atoms with Gasteiger partial charge in [-0.3, -0.25) is 14.2 Å². The molecule has 0 heterocycles. The smallest absolute Gasteiger partial charge is 0.333 e. The number of carbonyl (C=O) groups excluding carboxylic acids is 3. The molecule has 7 nitrogen and oxygen atoms in total. The Balaban J connectivity index is 0. The van der Waals surface area contributed by atoms with Gasteiger partial charge < -0.3 is 19.6 Å². The zero-order valence-electron chi connectivity index (χ0n) is 26.8. The number of thioether (sulfide) groups is 2. The Labute approximate surface area is 265 Å². The standard InChI is InChI=1S/C22H27F2O5PS2.C5H10O.C3H8.CH5N/c1-16(2)12-21(26)32-11-9-29-30(27,28-8-10-31-3)22(23,24)20-7-6-18-5-4-17(15-25)13-19(18)14-20;1-5(2)3-4-6;1-3-2;1-2/h4-7,13-16H,8-12H2,1-3H3;4-5H,3H2,1-2H3;3H2,1-2H3;2H2,1H3. The number of halogens is 2. The lowest BCUT2D eigenvalue weighted by molar-refractivity contribution is -0.111. The molecule has 2 N–H and O–H groups in total. The number of benzene rings is 2. The number of fused-ring (bicyclic) bond motifs is 1. The summed E-state index contributed by atoms with van der Waals surface area (Å²) >= 11 is 2.33. The molecule has 0 aliphatic rings. The summed E-state index contributed by atoms with van der Waals surface area (Å²) in [4.78, 5) is 32.5. The van der Waals surface area contributed by atoms with Crippen molar-refractivity contribution < 1.29 is 36.8 Å². The fourth-order valence-electron chi connectivity index (χ4n) is 3.02. The van der Waals surface area contributed by atoms with Crippen LogP contribution in [0.2, 0.25) is 0 Å². The van der Waals surface area contributed by atoms with Crippen molar-refractivity contribution in [2.24, 2.45) is 17.6 Å². The van der Waals surface area contributed by atoms with Gasteiger partial charge in [0, 0.05) is 35.5 Å². The van der Waals surface area contributed by atoms with Crippen LogP contribution >= 0.6 is 31.1 Å². The van der Waals surface area contributed by atoms with Gasteiger partial charge in [-0.05, 0) is 48.0 Å². The maximum absolute atomic E-state index is 15.4. The highest BCUT2D eigenvalue weighted by atomic mass is 32.2. The molecule has 246 valence electrons. The second-order valence-electron chi connectivity index (χ2n) is 9.96. The lowest BCUT2D eigenvalue weighted by atomic mass is 10.0. The van der Waals surface area contributed by atoms with Gasteiger partial charge in [-0.1, -0.05) is 84.0 Å². The fourth-order valence-corrected chi connectivity index (χ4v) is 5.88. The van der Waals surface area contributed by atoms with E-state index >= 15 is 8.78 Å². The van der Waals surface area contributed by atoms with Gasteiger partial charge in [0.05, 0.1) is 13.2 Å². The molecule has 0 saturated carbocycles. The summed E-state index contributed by atoms with van der Waals surface area (Å²) in [5.41, 5.74) is 0.407. The average molecular weight is 666 g/mol. The summed E-state index contributed by atoms with van der Waals surface area (Å²) in [7, 11) is -3.40. The largest absolute Gasteiger partial charge is 0.404 e. The van der Waals surface area contributed by atoms with Crippen molar-refractivity contribution in [3.63, 3.8) is 0 Å². The highest BCUT2D eigenvalue weighted by Crippen LogP contribution is 2.67. The third kappa shape index (κ3) is 17.5. The molecule has 0 aliphatic carbocycles. The second kappa shape index (κ2) is 24.7. The molecule has 2 aromatic carbocycles. The second-order valence-corrected chi connectivity index (χ2v) is 14.2. The molecule has 0 fully saturated rings. The Morgan fingerprint density at radius 3 is 1.98 bits per heavy atom. The monoisotopic (exact) mass is 665 g/mol. The fraction of sp³-hybridized carbons (Fsp3) is 0.581. The predicted molar refractivity (Wildman–Crippen MR) is 180 cm³/mol. The number of hydrogen-bond donors (Lipinski definition) is 1. The summed E-state index contributed by atoms with van der Waals surface area (Å²) in [5, 5.41) is 1.00. The minimum absolute atomic E-state index is 0.0750. The number of aldehydes is 2. The molecule has 0 radical (unpaired) electrons. The van der Waals surface area contributed by atoms with Crippen LogP contribution in [-0.4, -0.2) is 55.7 Å². The molecule has 2 rings (SSSR count). The van der Waals surface area contributed by atoms with Gasteiger partial charge in [0.25, 0.3) is 0 Å². The third-order valence-electron chi connectivity index (χ3n) is 4.99. The Kier molecular flexibility index (Phi) is 25.0. The van der Waals surface area contributed by atoms with Gasteiger partial charge in [-0.2, -0.15) is 20.5 Å².